The smallest absolute Gasteiger partial charge is 0.325 e. The summed E-state index contributed by atoms with van der Waals surface area (Å²) in [6.45, 7) is 3.03. The van der Waals surface area contributed by atoms with Crippen LogP contribution in [0.3, 0.4) is 0 Å². The van der Waals surface area contributed by atoms with Crippen LogP contribution in [0.25, 0.3) is 10.2 Å². The SMILES string of the molecule is CCc1ccc2c(c1)sc(=NC(=O)c1ccc(S(=O)(=O)N3CCCCCC3)cc1)n2CC(=O)OC. The predicted octanol–water partition coefficient (Wildman–Crippen LogP) is 3.74. The third-order valence-electron chi connectivity index (χ3n) is 6.17. The number of benzene rings is 2. The van der Waals surface area contributed by atoms with E-state index in [1.807, 2.05) is 18.2 Å². The Kier molecular flexibility index (Phi) is 7.83. The van der Waals surface area contributed by atoms with Gasteiger partial charge in [0.1, 0.15) is 6.54 Å². The number of thiazole rings is 1. The van der Waals surface area contributed by atoms with Crippen LogP contribution in [-0.2, 0) is 32.5 Å². The molecule has 1 aliphatic rings. The lowest BCUT2D eigenvalue weighted by Gasteiger charge is -2.19. The lowest BCUT2D eigenvalue weighted by atomic mass is 10.2. The Balaban J connectivity index is 1.66. The fraction of sp³-hybridized carbons (Fsp3) is 0.400. The summed E-state index contributed by atoms with van der Waals surface area (Å²) in [6, 6.07) is 11.8. The average molecular weight is 516 g/mol. The van der Waals surface area contributed by atoms with Gasteiger partial charge in [-0.2, -0.15) is 9.30 Å². The first kappa shape index (κ1) is 25.3. The van der Waals surface area contributed by atoms with Gasteiger partial charge in [0.2, 0.25) is 10.0 Å². The van der Waals surface area contributed by atoms with Crippen molar-refractivity contribution >= 4 is 43.5 Å². The van der Waals surface area contributed by atoms with Crippen LogP contribution in [0.5, 0.6) is 0 Å². The average Bonchev–Trinajstić information content (AvgIpc) is 3.03. The number of aromatic nitrogens is 1. The molecule has 0 spiro atoms. The van der Waals surface area contributed by atoms with E-state index in [2.05, 4.69) is 11.9 Å². The van der Waals surface area contributed by atoms with E-state index in [0.717, 1.165) is 47.9 Å². The molecule has 1 aromatic heterocycles. The van der Waals surface area contributed by atoms with E-state index in [9.17, 15) is 18.0 Å². The summed E-state index contributed by atoms with van der Waals surface area (Å²) in [5, 5.41) is 0. The number of amides is 1. The van der Waals surface area contributed by atoms with Gasteiger partial charge in [0.15, 0.2) is 4.80 Å². The van der Waals surface area contributed by atoms with Gasteiger partial charge in [-0.15, -0.1) is 0 Å². The molecule has 4 rings (SSSR count). The van der Waals surface area contributed by atoms with Gasteiger partial charge in [-0.3, -0.25) is 9.59 Å². The molecule has 0 aliphatic carbocycles. The van der Waals surface area contributed by atoms with Gasteiger partial charge < -0.3 is 9.30 Å². The number of hydrogen-bond acceptors (Lipinski definition) is 6. The summed E-state index contributed by atoms with van der Waals surface area (Å²) in [4.78, 5) is 29.8. The third kappa shape index (κ3) is 5.55. The normalized spacial score (nSPS) is 15.8. The second-order valence-electron chi connectivity index (χ2n) is 8.46. The van der Waals surface area contributed by atoms with Gasteiger partial charge in [0.05, 0.1) is 22.2 Å². The van der Waals surface area contributed by atoms with Gasteiger partial charge in [-0.25, -0.2) is 8.42 Å². The molecule has 0 N–H and O–H groups in total. The molecule has 0 radical (unpaired) electrons. The minimum Gasteiger partial charge on any atom is -0.468 e. The summed E-state index contributed by atoms with van der Waals surface area (Å²) < 4.78 is 35.0. The first-order chi connectivity index (χ1) is 16.8. The number of carbonyl (C=O) groups excluding carboxylic acids is 2. The van der Waals surface area contributed by atoms with Crippen molar-refractivity contribution in [2.45, 2.75) is 50.5 Å². The maximum Gasteiger partial charge on any atom is 0.325 e. The van der Waals surface area contributed by atoms with E-state index in [4.69, 9.17) is 4.74 Å². The van der Waals surface area contributed by atoms with Gasteiger partial charge in [-0.1, -0.05) is 37.2 Å². The molecule has 0 saturated carbocycles. The van der Waals surface area contributed by atoms with Gasteiger partial charge in [0, 0.05) is 18.7 Å². The number of esters is 1. The molecule has 2 aromatic carbocycles. The number of rotatable bonds is 6. The fourth-order valence-electron chi connectivity index (χ4n) is 4.12. The molecule has 0 atom stereocenters. The lowest BCUT2D eigenvalue weighted by Crippen LogP contribution is -2.31. The highest BCUT2D eigenvalue weighted by molar-refractivity contribution is 7.89. The Labute approximate surface area is 208 Å². The second kappa shape index (κ2) is 10.8. The van der Waals surface area contributed by atoms with E-state index in [1.165, 1.54) is 47.0 Å². The fourth-order valence-corrected chi connectivity index (χ4v) is 6.73. The molecule has 35 heavy (non-hydrogen) atoms. The van der Waals surface area contributed by atoms with Crippen molar-refractivity contribution in [1.82, 2.24) is 8.87 Å². The molecule has 1 saturated heterocycles. The summed E-state index contributed by atoms with van der Waals surface area (Å²) in [6.07, 6.45) is 4.65. The molecule has 8 nitrogen and oxygen atoms in total. The lowest BCUT2D eigenvalue weighted by molar-refractivity contribution is -0.141. The van der Waals surface area contributed by atoms with Crippen LogP contribution in [0.4, 0.5) is 0 Å². The quantitative estimate of drug-likeness (QED) is 0.466. The molecule has 186 valence electrons. The van der Waals surface area contributed by atoms with Crippen LogP contribution in [0.2, 0.25) is 0 Å². The van der Waals surface area contributed by atoms with Crippen LogP contribution in [0.15, 0.2) is 52.4 Å². The minimum atomic E-state index is -3.60. The van der Waals surface area contributed by atoms with Crippen LogP contribution < -0.4 is 4.80 Å². The largest absolute Gasteiger partial charge is 0.468 e. The second-order valence-corrected chi connectivity index (χ2v) is 11.4. The molecular formula is C25H29N3O5S2. The standard InChI is InChI=1S/C25H29N3O5S2/c1-3-18-8-13-21-22(16-18)34-25(28(21)17-23(29)33-2)26-24(30)19-9-11-20(12-10-19)35(31,32)27-14-6-4-5-7-15-27/h8-13,16H,3-7,14-15,17H2,1-2H3. The summed E-state index contributed by atoms with van der Waals surface area (Å²) in [5.74, 6) is -0.953. The Morgan fingerprint density at radius 2 is 1.71 bits per heavy atom. The van der Waals surface area contributed by atoms with Crippen molar-refractivity contribution in [3.63, 3.8) is 0 Å². The van der Waals surface area contributed by atoms with Crippen LogP contribution in [0, 0.1) is 0 Å². The van der Waals surface area contributed by atoms with E-state index < -0.39 is 21.9 Å². The van der Waals surface area contributed by atoms with Crippen molar-refractivity contribution in [3.8, 4) is 0 Å². The first-order valence-corrected chi connectivity index (χ1v) is 14.0. The number of carbonyl (C=O) groups is 2. The molecular weight excluding hydrogens is 486 g/mol. The number of aryl methyl sites for hydroxylation is 1. The summed E-state index contributed by atoms with van der Waals surface area (Å²) in [5.41, 5.74) is 2.21. The zero-order valence-corrected chi connectivity index (χ0v) is 21.5. The van der Waals surface area contributed by atoms with Crippen LogP contribution in [0.1, 0.15) is 48.5 Å². The molecule has 0 unspecified atom stereocenters. The summed E-state index contributed by atoms with van der Waals surface area (Å²) >= 11 is 1.32. The number of ether oxygens (including phenoxy) is 1. The number of sulfonamides is 1. The zero-order valence-electron chi connectivity index (χ0n) is 19.9. The van der Waals surface area contributed by atoms with Crippen molar-refractivity contribution in [1.29, 1.82) is 0 Å². The Bertz CT molecular complexity index is 1400. The third-order valence-corrected chi connectivity index (χ3v) is 9.13. The monoisotopic (exact) mass is 515 g/mol. The van der Waals surface area contributed by atoms with E-state index >= 15 is 0 Å². The zero-order chi connectivity index (χ0) is 25.0. The highest BCUT2D eigenvalue weighted by Crippen LogP contribution is 2.22. The van der Waals surface area contributed by atoms with Gasteiger partial charge in [0.25, 0.3) is 5.91 Å². The van der Waals surface area contributed by atoms with Crippen LogP contribution in [-0.4, -0.2) is 49.4 Å². The molecule has 3 aromatic rings. The molecule has 1 fully saturated rings. The van der Waals surface area contributed by atoms with Gasteiger partial charge in [-0.05, 0) is 61.2 Å². The van der Waals surface area contributed by atoms with Crippen LogP contribution >= 0.6 is 11.3 Å². The minimum absolute atomic E-state index is 0.0684. The topological polar surface area (TPSA) is 98.0 Å². The van der Waals surface area contributed by atoms with E-state index in [0.29, 0.717) is 17.9 Å². The summed E-state index contributed by atoms with van der Waals surface area (Å²) in [7, 11) is -2.28. The van der Waals surface area contributed by atoms with E-state index in [1.54, 1.807) is 4.57 Å². The Hall–Kier alpha value is -2.82. The highest BCUT2D eigenvalue weighted by atomic mass is 32.2. The first-order valence-electron chi connectivity index (χ1n) is 11.7. The molecule has 1 amide bonds. The van der Waals surface area contributed by atoms with E-state index in [-0.39, 0.29) is 17.0 Å². The number of fused-ring (bicyclic) bond motifs is 1. The molecule has 10 heteroatoms. The van der Waals surface area contributed by atoms with Crippen molar-refractivity contribution in [3.05, 3.63) is 58.4 Å². The van der Waals surface area contributed by atoms with Gasteiger partial charge >= 0.3 is 5.97 Å². The number of hydrogen-bond donors (Lipinski definition) is 0. The van der Waals surface area contributed by atoms with Crippen molar-refractivity contribution in [2.75, 3.05) is 20.2 Å². The molecule has 0 bridgehead atoms. The maximum absolute atomic E-state index is 13.0. The molecule has 2 heterocycles. The number of nitrogens with zero attached hydrogens (tertiary/aromatic N) is 3. The Morgan fingerprint density at radius 1 is 1.03 bits per heavy atom. The highest BCUT2D eigenvalue weighted by Gasteiger charge is 2.25. The maximum atomic E-state index is 13.0. The Morgan fingerprint density at radius 3 is 2.34 bits per heavy atom. The number of methoxy groups -OCH3 is 1. The van der Waals surface area contributed by atoms with Crippen molar-refractivity contribution < 1.29 is 22.7 Å². The van der Waals surface area contributed by atoms with Crippen molar-refractivity contribution in [2.24, 2.45) is 4.99 Å². The molecule has 1 aliphatic heterocycles. The predicted molar refractivity (Wildman–Crippen MR) is 135 cm³/mol.